The third-order valence-electron chi connectivity index (χ3n) is 2.23. The average Bonchev–Trinajstić information content (AvgIpc) is 2.07. The maximum atomic E-state index is 5.59. The second kappa shape index (κ2) is 5.59. The Morgan fingerprint density at radius 1 is 1.45 bits per heavy atom. The molecule has 1 radical (unpaired) electrons. The molecule has 0 saturated carbocycles. The van der Waals surface area contributed by atoms with E-state index < -0.39 is 0 Å². The predicted molar refractivity (Wildman–Crippen MR) is 47.4 cm³/mol. The maximum Gasteiger partial charge on any atom is 0.0577 e. The van der Waals surface area contributed by atoms with Gasteiger partial charge in [-0.2, -0.15) is 0 Å². The molecule has 1 aliphatic heterocycles. The minimum Gasteiger partial charge on any atom is -0.378 e. The fraction of sp³-hybridized carbons (Fsp3) is 0.900. The standard InChI is InChI=1S/C10H19O/c1-2-3-4-7-10-8-5-6-9-11-10/h5,10H,2-4,6-9H2,1H3. The quantitative estimate of drug-likeness (QED) is 0.567. The lowest BCUT2D eigenvalue weighted by molar-refractivity contribution is 0.0272. The van der Waals surface area contributed by atoms with Crippen LogP contribution in [0.4, 0.5) is 0 Å². The summed E-state index contributed by atoms with van der Waals surface area (Å²) in [4.78, 5) is 0. The van der Waals surface area contributed by atoms with Crippen molar-refractivity contribution in [3.8, 4) is 0 Å². The minimum atomic E-state index is 0.551. The van der Waals surface area contributed by atoms with Crippen molar-refractivity contribution < 1.29 is 4.74 Å². The second-order valence-electron chi connectivity index (χ2n) is 3.30. The van der Waals surface area contributed by atoms with Gasteiger partial charge < -0.3 is 4.74 Å². The highest BCUT2D eigenvalue weighted by Crippen LogP contribution is 2.17. The molecule has 0 N–H and O–H groups in total. The van der Waals surface area contributed by atoms with Gasteiger partial charge in [0, 0.05) is 6.61 Å². The molecule has 0 aromatic heterocycles. The van der Waals surface area contributed by atoms with Crippen LogP contribution in [0.1, 0.15) is 45.4 Å². The van der Waals surface area contributed by atoms with Crippen molar-refractivity contribution in [3.63, 3.8) is 0 Å². The number of unbranched alkanes of at least 4 members (excludes halogenated alkanes) is 2. The van der Waals surface area contributed by atoms with Crippen LogP contribution in [-0.2, 0) is 4.74 Å². The average molecular weight is 155 g/mol. The number of ether oxygens (including phenoxy) is 1. The van der Waals surface area contributed by atoms with E-state index in [2.05, 4.69) is 13.3 Å². The van der Waals surface area contributed by atoms with Crippen molar-refractivity contribution in [2.45, 2.75) is 51.6 Å². The summed E-state index contributed by atoms with van der Waals surface area (Å²) in [5, 5.41) is 0. The first-order valence-electron chi connectivity index (χ1n) is 4.86. The largest absolute Gasteiger partial charge is 0.378 e. The van der Waals surface area contributed by atoms with Crippen molar-refractivity contribution in [2.75, 3.05) is 6.61 Å². The molecule has 11 heavy (non-hydrogen) atoms. The van der Waals surface area contributed by atoms with Crippen LogP contribution in [0, 0.1) is 6.42 Å². The van der Waals surface area contributed by atoms with E-state index in [1.807, 2.05) is 0 Å². The zero-order valence-corrected chi connectivity index (χ0v) is 7.51. The van der Waals surface area contributed by atoms with Crippen LogP contribution in [-0.4, -0.2) is 12.7 Å². The van der Waals surface area contributed by atoms with Gasteiger partial charge in [-0.15, -0.1) is 0 Å². The van der Waals surface area contributed by atoms with Gasteiger partial charge in [0.15, 0.2) is 0 Å². The van der Waals surface area contributed by atoms with E-state index in [-0.39, 0.29) is 0 Å². The van der Waals surface area contributed by atoms with Crippen LogP contribution >= 0.6 is 0 Å². The lowest BCUT2D eigenvalue weighted by Crippen LogP contribution is -2.18. The normalized spacial score (nSPS) is 25.4. The van der Waals surface area contributed by atoms with Gasteiger partial charge in [0.05, 0.1) is 6.10 Å². The lowest BCUT2D eigenvalue weighted by Gasteiger charge is -2.21. The summed E-state index contributed by atoms with van der Waals surface area (Å²) < 4.78 is 5.59. The summed E-state index contributed by atoms with van der Waals surface area (Å²) in [6.45, 7) is 3.20. The zero-order valence-electron chi connectivity index (χ0n) is 7.51. The monoisotopic (exact) mass is 155 g/mol. The van der Waals surface area contributed by atoms with E-state index in [0.717, 1.165) is 13.0 Å². The Morgan fingerprint density at radius 3 is 3.00 bits per heavy atom. The van der Waals surface area contributed by atoms with E-state index >= 15 is 0 Å². The molecule has 1 heterocycles. The van der Waals surface area contributed by atoms with Crippen molar-refractivity contribution in [3.05, 3.63) is 6.42 Å². The van der Waals surface area contributed by atoms with E-state index in [1.54, 1.807) is 0 Å². The molecule has 1 nitrogen and oxygen atoms in total. The SMILES string of the molecule is CCCCCC1C[CH]CCO1. The van der Waals surface area contributed by atoms with E-state index in [1.165, 1.54) is 32.1 Å². The maximum absolute atomic E-state index is 5.59. The Morgan fingerprint density at radius 2 is 2.36 bits per heavy atom. The highest BCUT2D eigenvalue weighted by Gasteiger charge is 2.12. The lowest BCUT2D eigenvalue weighted by atomic mass is 10.0. The molecule has 0 aromatic carbocycles. The Balaban J connectivity index is 1.96. The molecule has 1 heteroatoms. The first-order chi connectivity index (χ1) is 5.43. The molecular weight excluding hydrogens is 136 g/mol. The van der Waals surface area contributed by atoms with Gasteiger partial charge in [-0.1, -0.05) is 26.2 Å². The Kier molecular flexibility index (Phi) is 4.60. The van der Waals surface area contributed by atoms with Crippen LogP contribution in [0.25, 0.3) is 0 Å². The van der Waals surface area contributed by atoms with Gasteiger partial charge >= 0.3 is 0 Å². The summed E-state index contributed by atoms with van der Waals surface area (Å²) in [5.74, 6) is 0. The molecule has 0 aromatic rings. The van der Waals surface area contributed by atoms with Crippen molar-refractivity contribution in [2.24, 2.45) is 0 Å². The zero-order chi connectivity index (χ0) is 7.94. The van der Waals surface area contributed by atoms with E-state index in [4.69, 9.17) is 4.74 Å². The van der Waals surface area contributed by atoms with Crippen molar-refractivity contribution >= 4 is 0 Å². The number of hydrogen-bond donors (Lipinski definition) is 0. The third-order valence-corrected chi connectivity index (χ3v) is 2.23. The van der Waals surface area contributed by atoms with Gasteiger partial charge in [0.25, 0.3) is 0 Å². The Labute approximate surface area is 70.1 Å². The number of rotatable bonds is 4. The third kappa shape index (κ3) is 3.76. The van der Waals surface area contributed by atoms with Crippen LogP contribution in [0.2, 0.25) is 0 Å². The summed E-state index contributed by atoms with van der Waals surface area (Å²) in [6, 6.07) is 0. The topological polar surface area (TPSA) is 9.23 Å². The number of hydrogen-bond acceptors (Lipinski definition) is 1. The van der Waals surface area contributed by atoms with Crippen molar-refractivity contribution in [1.29, 1.82) is 0 Å². The molecule has 1 fully saturated rings. The first-order valence-corrected chi connectivity index (χ1v) is 4.86. The van der Waals surface area contributed by atoms with E-state index in [9.17, 15) is 0 Å². The molecular formula is C10H19O. The fourth-order valence-electron chi connectivity index (χ4n) is 1.51. The molecule has 0 aliphatic carbocycles. The summed E-state index contributed by atoms with van der Waals surface area (Å²) in [6.07, 6.45) is 10.5. The van der Waals surface area contributed by atoms with Gasteiger partial charge in [0.1, 0.15) is 0 Å². The highest BCUT2D eigenvalue weighted by atomic mass is 16.5. The molecule has 0 bridgehead atoms. The molecule has 1 rings (SSSR count). The highest BCUT2D eigenvalue weighted by molar-refractivity contribution is 4.75. The molecule has 1 atom stereocenters. The first kappa shape index (κ1) is 9.05. The molecule has 1 saturated heterocycles. The molecule has 0 spiro atoms. The molecule has 1 unspecified atom stereocenters. The van der Waals surface area contributed by atoms with Crippen LogP contribution in [0.3, 0.4) is 0 Å². The minimum absolute atomic E-state index is 0.551. The fourth-order valence-corrected chi connectivity index (χ4v) is 1.51. The van der Waals surface area contributed by atoms with Crippen LogP contribution < -0.4 is 0 Å². The van der Waals surface area contributed by atoms with Crippen molar-refractivity contribution in [1.82, 2.24) is 0 Å². The molecule has 65 valence electrons. The Bertz CT molecular complexity index is 84.9. The van der Waals surface area contributed by atoms with Gasteiger partial charge in [-0.3, -0.25) is 0 Å². The van der Waals surface area contributed by atoms with Gasteiger partial charge in [0.2, 0.25) is 0 Å². The second-order valence-corrected chi connectivity index (χ2v) is 3.30. The molecule has 0 amide bonds. The summed E-state index contributed by atoms with van der Waals surface area (Å²) in [5.41, 5.74) is 0. The summed E-state index contributed by atoms with van der Waals surface area (Å²) >= 11 is 0. The van der Waals surface area contributed by atoms with Gasteiger partial charge in [-0.05, 0) is 25.7 Å². The Hall–Kier alpha value is -0.0400. The van der Waals surface area contributed by atoms with Crippen LogP contribution in [0.5, 0.6) is 0 Å². The van der Waals surface area contributed by atoms with Crippen LogP contribution in [0.15, 0.2) is 0 Å². The van der Waals surface area contributed by atoms with E-state index in [0.29, 0.717) is 6.10 Å². The smallest absolute Gasteiger partial charge is 0.0577 e. The summed E-state index contributed by atoms with van der Waals surface area (Å²) in [7, 11) is 0. The van der Waals surface area contributed by atoms with Gasteiger partial charge in [-0.25, -0.2) is 0 Å². The predicted octanol–water partition coefficient (Wildman–Crippen LogP) is 2.95. The molecule has 1 aliphatic rings.